The molecule has 0 radical (unpaired) electrons. The van der Waals surface area contributed by atoms with Crippen LogP contribution in [0.2, 0.25) is 5.02 Å². The molecule has 2 rings (SSSR count). The molecule has 0 aromatic heterocycles. The average molecular weight is 226 g/mol. The molecule has 0 atom stereocenters. The Labute approximate surface area is 95.3 Å². The van der Waals surface area contributed by atoms with Gasteiger partial charge in [0, 0.05) is 17.0 Å². The molecule has 0 saturated heterocycles. The second kappa shape index (κ2) is 4.12. The molecule has 2 nitrogen and oxygen atoms in total. The molecule has 82 valence electrons. The van der Waals surface area contributed by atoms with Crippen molar-refractivity contribution in [2.45, 2.75) is 24.4 Å². The lowest BCUT2D eigenvalue weighted by molar-refractivity contribution is 0.0188. The summed E-state index contributed by atoms with van der Waals surface area (Å²) in [5.74, 6) is 0. The van der Waals surface area contributed by atoms with Crippen LogP contribution in [-0.4, -0.2) is 24.8 Å². The highest BCUT2D eigenvalue weighted by molar-refractivity contribution is 6.30. The van der Waals surface area contributed by atoms with Gasteiger partial charge in [0.1, 0.15) is 0 Å². The molecule has 1 aromatic carbocycles. The molecule has 1 saturated carbocycles. The van der Waals surface area contributed by atoms with Crippen molar-refractivity contribution < 1.29 is 5.11 Å². The Morgan fingerprint density at radius 3 is 2.47 bits per heavy atom. The van der Waals surface area contributed by atoms with Gasteiger partial charge in [0.2, 0.25) is 0 Å². The summed E-state index contributed by atoms with van der Waals surface area (Å²) in [6.07, 6.45) is 1.54. The molecule has 15 heavy (non-hydrogen) atoms. The molecular formula is C12H16ClNO. The Morgan fingerprint density at radius 2 is 2.00 bits per heavy atom. The van der Waals surface area contributed by atoms with Crippen LogP contribution in [0.1, 0.15) is 18.4 Å². The van der Waals surface area contributed by atoms with Crippen LogP contribution < -0.4 is 5.32 Å². The van der Waals surface area contributed by atoms with Gasteiger partial charge in [0.25, 0.3) is 0 Å². The van der Waals surface area contributed by atoms with Crippen LogP contribution >= 0.6 is 11.6 Å². The van der Waals surface area contributed by atoms with E-state index in [-0.39, 0.29) is 11.5 Å². The largest absolute Gasteiger partial charge is 0.393 e. The highest BCUT2D eigenvalue weighted by Gasteiger charge is 2.44. The van der Waals surface area contributed by atoms with Crippen LogP contribution in [0.25, 0.3) is 0 Å². The van der Waals surface area contributed by atoms with Crippen molar-refractivity contribution >= 4 is 11.6 Å². The van der Waals surface area contributed by atoms with E-state index in [1.807, 2.05) is 19.2 Å². The SMILES string of the molecule is CNCC1(c2ccc(Cl)cc2)CC(O)C1. The molecule has 0 spiro atoms. The fraction of sp³-hybridized carbons (Fsp3) is 0.500. The van der Waals surface area contributed by atoms with Gasteiger partial charge >= 0.3 is 0 Å². The molecular weight excluding hydrogens is 210 g/mol. The first-order valence-electron chi connectivity index (χ1n) is 5.25. The maximum atomic E-state index is 9.47. The van der Waals surface area contributed by atoms with Gasteiger partial charge in [0.15, 0.2) is 0 Å². The van der Waals surface area contributed by atoms with Crippen molar-refractivity contribution in [1.29, 1.82) is 0 Å². The predicted octanol–water partition coefficient (Wildman–Crippen LogP) is 1.95. The van der Waals surface area contributed by atoms with E-state index in [2.05, 4.69) is 17.4 Å². The maximum absolute atomic E-state index is 9.47. The summed E-state index contributed by atoms with van der Waals surface area (Å²) in [6.45, 7) is 0.908. The first kappa shape index (κ1) is 10.9. The highest BCUT2D eigenvalue weighted by atomic mass is 35.5. The lowest BCUT2D eigenvalue weighted by Gasteiger charge is -2.46. The zero-order valence-corrected chi connectivity index (χ0v) is 9.59. The van der Waals surface area contributed by atoms with Gasteiger partial charge in [0.05, 0.1) is 6.10 Å². The topological polar surface area (TPSA) is 32.3 Å². The Bertz CT molecular complexity index is 324. The minimum atomic E-state index is -0.144. The molecule has 3 heteroatoms. The first-order chi connectivity index (χ1) is 7.16. The number of hydrogen-bond acceptors (Lipinski definition) is 2. The molecule has 0 aliphatic heterocycles. The zero-order valence-electron chi connectivity index (χ0n) is 8.83. The minimum Gasteiger partial charge on any atom is -0.393 e. The van der Waals surface area contributed by atoms with Gasteiger partial charge in [-0.05, 0) is 37.6 Å². The monoisotopic (exact) mass is 225 g/mol. The second-order valence-corrected chi connectivity index (χ2v) is 4.82. The first-order valence-corrected chi connectivity index (χ1v) is 5.63. The van der Waals surface area contributed by atoms with Crippen LogP contribution in [0.4, 0.5) is 0 Å². The van der Waals surface area contributed by atoms with Crippen molar-refractivity contribution in [1.82, 2.24) is 5.32 Å². The lowest BCUT2D eigenvalue weighted by atomic mass is 9.62. The van der Waals surface area contributed by atoms with E-state index >= 15 is 0 Å². The molecule has 1 fully saturated rings. The highest BCUT2D eigenvalue weighted by Crippen LogP contribution is 2.43. The standard InChI is InChI=1S/C12H16ClNO/c1-14-8-12(6-11(15)7-12)9-2-4-10(13)5-3-9/h2-5,11,14-15H,6-8H2,1H3. The van der Waals surface area contributed by atoms with E-state index < -0.39 is 0 Å². The number of hydrogen-bond donors (Lipinski definition) is 2. The normalized spacial score (nSPS) is 29.9. The maximum Gasteiger partial charge on any atom is 0.0558 e. The van der Waals surface area contributed by atoms with Gasteiger partial charge in [-0.15, -0.1) is 0 Å². The predicted molar refractivity (Wildman–Crippen MR) is 62.3 cm³/mol. The van der Waals surface area contributed by atoms with Gasteiger partial charge < -0.3 is 10.4 Å². The van der Waals surface area contributed by atoms with Gasteiger partial charge in [-0.2, -0.15) is 0 Å². The summed E-state index contributed by atoms with van der Waals surface area (Å²) in [6, 6.07) is 7.95. The quantitative estimate of drug-likeness (QED) is 0.824. The molecule has 2 N–H and O–H groups in total. The lowest BCUT2D eigenvalue weighted by Crippen LogP contribution is -2.50. The van der Waals surface area contributed by atoms with Crippen molar-refractivity contribution in [3.8, 4) is 0 Å². The van der Waals surface area contributed by atoms with Crippen molar-refractivity contribution in [3.63, 3.8) is 0 Å². The van der Waals surface area contributed by atoms with E-state index in [0.717, 1.165) is 24.4 Å². The number of rotatable bonds is 3. The summed E-state index contributed by atoms with van der Waals surface area (Å²) in [7, 11) is 1.95. The molecule has 0 bridgehead atoms. The minimum absolute atomic E-state index is 0.110. The summed E-state index contributed by atoms with van der Waals surface area (Å²) in [5, 5.41) is 13.4. The van der Waals surface area contributed by atoms with Crippen molar-refractivity contribution in [2.24, 2.45) is 0 Å². The molecule has 1 aliphatic rings. The summed E-state index contributed by atoms with van der Waals surface area (Å²) in [5.41, 5.74) is 1.38. The third-order valence-electron chi connectivity index (χ3n) is 3.22. The number of halogens is 1. The molecule has 0 unspecified atom stereocenters. The Balaban J connectivity index is 2.22. The van der Waals surface area contributed by atoms with Crippen LogP contribution in [-0.2, 0) is 5.41 Å². The fourth-order valence-corrected chi connectivity index (χ4v) is 2.59. The van der Waals surface area contributed by atoms with Gasteiger partial charge in [-0.3, -0.25) is 0 Å². The summed E-state index contributed by atoms with van der Waals surface area (Å²) in [4.78, 5) is 0. The van der Waals surface area contributed by atoms with Crippen LogP contribution in [0, 0.1) is 0 Å². The third kappa shape index (κ3) is 2.03. The second-order valence-electron chi connectivity index (χ2n) is 4.38. The number of nitrogens with one attached hydrogen (secondary N) is 1. The zero-order chi connectivity index (χ0) is 10.9. The smallest absolute Gasteiger partial charge is 0.0558 e. The molecule has 0 amide bonds. The van der Waals surface area contributed by atoms with E-state index in [1.165, 1.54) is 5.56 Å². The van der Waals surface area contributed by atoms with Gasteiger partial charge in [-0.1, -0.05) is 23.7 Å². The van der Waals surface area contributed by atoms with E-state index in [1.54, 1.807) is 0 Å². The Morgan fingerprint density at radius 1 is 1.40 bits per heavy atom. The third-order valence-corrected chi connectivity index (χ3v) is 3.48. The molecule has 1 aliphatic carbocycles. The number of aliphatic hydroxyl groups excluding tert-OH is 1. The average Bonchev–Trinajstić information content (AvgIpc) is 2.16. The fourth-order valence-electron chi connectivity index (χ4n) is 2.47. The molecule has 0 heterocycles. The summed E-state index contributed by atoms with van der Waals surface area (Å²) >= 11 is 5.86. The summed E-state index contributed by atoms with van der Waals surface area (Å²) < 4.78 is 0. The van der Waals surface area contributed by atoms with Crippen LogP contribution in [0.3, 0.4) is 0 Å². The van der Waals surface area contributed by atoms with E-state index in [4.69, 9.17) is 11.6 Å². The number of aliphatic hydroxyl groups is 1. The van der Waals surface area contributed by atoms with E-state index in [9.17, 15) is 5.11 Å². The number of likely N-dealkylation sites (N-methyl/N-ethyl adjacent to an activating group) is 1. The van der Waals surface area contributed by atoms with E-state index in [0.29, 0.717) is 0 Å². The Hall–Kier alpha value is -0.570. The van der Waals surface area contributed by atoms with Crippen molar-refractivity contribution in [3.05, 3.63) is 34.9 Å². The molecule has 1 aromatic rings. The number of benzene rings is 1. The van der Waals surface area contributed by atoms with Crippen LogP contribution in [0.5, 0.6) is 0 Å². The van der Waals surface area contributed by atoms with Crippen molar-refractivity contribution in [2.75, 3.05) is 13.6 Å². The Kier molecular flexibility index (Phi) is 3.01. The van der Waals surface area contributed by atoms with Gasteiger partial charge in [-0.25, -0.2) is 0 Å². The van der Waals surface area contributed by atoms with Crippen LogP contribution in [0.15, 0.2) is 24.3 Å².